The van der Waals surface area contributed by atoms with Gasteiger partial charge in [-0.25, -0.2) is 0 Å². The molecule has 0 saturated carbocycles. The number of hydrogen-bond acceptors (Lipinski definition) is 4. The molecule has 7 heteroatoms. The van der Waals surface area contributed by atoms with E-state index >= 15 is 0 Å². The minimum atomic E-state index is -0.778. The molecular weight excluding hydrogens is 370 g/mol. The molecule has 4 N–H and O–H groups in total. The minimum absolute atomic E-state index is 0.0865. The Morgan fingerprint density at radius 2 is 2.10 bits per heavy atom. The topological polar surface area (TPSA) is 118 Å². The lowest BCUT2D eigenvalue weighted by molar-refractivity contribution is -0.121. The Morgan fingerprint density at radius 3 is 2.86 bits per heavy atom. The Kier molecular flexibility index (Phi) is 4.74. The van der Waals surface area contributed by atoms with Crippen molar-refractivity contribution in [2.45, 2.75) is 45.6 Å². The van der Waals surface area contributed by atoms with Gasteiger partial charge in [-0.3, -0.25) is 14.4 Å². The number of nitrogens with two attached hydrogens (primary N) is 1. The van der Waals surface area contributed by atoms with Gasteiger partial charge in [0.25, 0.3) is 11.5 Å². The highest BCUT2D eigenvalue weighted by atomic mass is 16.3. The maximum atomic E-state index is 12.8. The van der Waals surface area contributed by atoms with Crippen LogP contribution in [0.2, 0.25) is 0 Å². The molecule has 0 aliphatic heterocycles. The number of carbonyl (C=O) groups is 2. The average Bonchev–Trinajstić information content (AvgIpc) is 3.07. The summed E-state index contributed by atoms with van der Waals surface area (Å²) in [6.07, 6.45) is 4.08. The number of aryl methyl sites for hydroxylation is 3. The molecule has 2 amide bonds. The number of H-pyrrole nitrogens is 1. The van der Waals surface area contributed by atoms with Gasteiger partial charge in [-0.15, -0.1) is 0 Å². The van der Waals surface area contributed by atoms with Gasteiger partial charge < -0.3 is 20.5 Å². The lowest BCUT2D eigenvalue weighted by Gasteiger charge is -2.26. The van der Waals surface area contributed by atoms with Gasteiger partial charge in [0.1, 0.15) is 11.1 Å². The van der Waals surface area contributed by atoms with Gasteiger partial charge in [-0.2, -0.15) is 0 Å². The summed E-state index contributed by atoms with van der Waals surface area (Å²) < 4.78 is 5.69. The number of aromatic nitrogens is 1. The molecule has 0 spiro atoms. The zero-order chi connectivity index (χ0) is 20.7. The van der Waals surface area contributed by atoms with E-state index in [-0.39, 0.29) is 23.9 Å². The van der Waals surface area contributed by atoms with E-state index in [9.17, 15) is 14.4 Å². The third kappa shape index (κ3) is 3.44. The van der Waals surface area contributed by atoms with Crippen LogP contribution in [0.4, 0.5) is 0 Å². The number of rotatable bonds is 4. The van der Waals surface area contributed by atoms with Crippen molar-refractivity contribution in [3.63, 3.8) is 0 Å². The fourth-order valence-corrected chi connectivity index (χ4v) is 4.02. The Balaban J connectivity index is 1.58. The van der Waals surface area contributed by atoms with E-state index in [0.717, 1.165) is 51.8 Å². The second-order valence-electron chi connectivity index (χ2n) is 7.64. The highest BCUT2D eigenvalue weighted by molar-refractivity contribution is 5.93. The van der Waals surface area contributed by atoms with Crippen LogP contribution in [0.3, 0.4) is 0 Å². The molecule has 29 heavy (non-hydrogen) atoms. The fourth-order valence-electron chi connectivity index (χ4n) is 4.02. The molecule has 1 unspecified atom stereocenters. The van der Waals surface area contributed by atoms with E-state index in [2.05, 4.69) is 10.3 Å². The summed E-state index contributed by atoms with van der Waals surface area (Å²) in [7, 11) is 0. The summed E-state index contributed by atoms with van der Waals surface area (Å²) >= 11 is 0. The number of furan rings is 1. The molecule has 1 aromatic carbocycles. The van der Waals surface area contributed by atoms with Crippen molar-refractivity contribution >= 4 is 22.8 Å². The summed E-state index contributed by atoms with van der Waals surface area (Å²) in [5.74, 6) is -0.921. The molecule has 0 saturated heterocycles. The molecule has 2 aromatic heterocycles. The first kappa shape index (κ1) is 19.0. The van der Waals surface area contributed by atoms with Crippen molar-refractivity contribution < 1.29 is 14.0 Å². The second-order valence-corrected chi connectivity index (χ2v) is 7.64. The number of amides is 2. The molecule has 0 radical (unpaired) electrons. The maximum absolute atomic E-state index is 12.8. The van der Waals surface area contributed by atoms with E-state index in [1.165, 1.54) is 6.07 Å². The number of hydrogen-bond donors (Lipinski definition) is 3. The van der Waals surface area contributed by atoms with Gasteiger partial charge in [-0.05, 0) is 55.9 Å². The van der Waals surface area contributed by atoms with Gasteiger partial charge in [0.15, 0.2) is 0 Å². The van der Waals surface area contributed by atoms with Crippen LogP contribution in [0.15, 0.2) is 33.7 Å². The molecule has 1 aliphatic carbocycles. The number of benzene rings is 1. The molecule has 3 aromatic rings. The van der Waals surface area contributed by atoms with Crippen LogP contribution in [0, 0.1) is 13.8 Å². The summed E-state index contributed by atoms with van der Waals surface area (Å²) in [4.78, 5) is 39.0. The predicted molar refractivity (Wildman–Crippen MR) is 109 cm³/mol. The minimum Gasteiger partial charge on any atom is -0.464 e. The van der Waals surface area contributed by atoms with Crippen LogP contribution >= 0.6 is 0 Å². The first-order valence-corrected chi connectivity index (χ1v) is 9.66. The zero-order valence-electron chi connectivity index (χ0n) is 16.4. The molecule has 0 fully saturated rings. The van der Waals surface area contributed by atoms with Crippen LogP contribution in [-0.2, 0) is 17.6 Å². The molecular formula is C22H23N3O4. The van der Waals surface area contributed by atoms with Gasteiger partial charge in [0, 0.05) is 16.6 Å². The van der Waals surface area contributed by atoms with Crippen LogP contribution in [0.25, 0.3) is 11.0 Å². The third-order valence-corrected chi connectivity index (χ3v) is 5.75. The summed E-state index contributed by atoms with van der Waals surface area (Å²) in [5, 5.41) is 3.97. The largest absolute Gasteiger partial charge is 0.464 e. The maximum Gasteiger partial charge on any atom is 0.261 e. The van der Waals surface area contributed by atoms with Crippen LogP contribution in [0.1, 0.15) is 57.2 Å². The quantitative estimate of drug-likeness (QED) is 0.631. The Bertz CT molecular complexity index is 1190. The summed E-state index contributed by atoms with van der Waals surface area (Å²) in [5.41, 5.74) is 10.1. The van der Waals surface area contributed by atoms with Gasteiger partial charge in [0.05, 0.1) is 18.7 Å². The second kappa shape index (κ2) is 7.24. The van der Waals surface area contributed by atoms with Crippen molar-refractivity contribution in [3.8, 4) is 0 Å². The van der Waals surface area contributed by atoms with Crippen molar-refractivity contribution in [2.75, 3.05) is 0 Å². The molecule has 150 valence electrons. The first-order valence-electron chi connectivity index (χ1n) is 9.66. The number of fused-ring (bicyclic) bond motifs is 2. The van der Waals surface area contributed by atoms with Crippen molar-refractivity contribution in [1.29, 1.82) is 0 Å². The lowest BCUT2D eigenvalue weighted by Crippen LogP contribution is -2.34. The summed E-state index contributed by atoms with van der Waals surface area (Å²) in [6, 6.07) is 5.24. The standard InChI is InChI=1S/C22H23N3O4/c1-11-6-7-14-13(10-29-20(14)12(11)2)8-19(26)24-17-4-3-5-18-15(17)9-16(21(23)27)22(28)25-18/h6-7,9-10,17H,3-5,8H2,1-2H3,(H2,23,27)(H,24,26)(H,25,28). The average molecular weight is 393 g/mol. The van der Waals surface area contributed by atoms with E-state index < -0.39 is 11.5 Å². The predicted octanol–water partition coefficient (Wildman–Crippen LogP) is 2.57. The number of primary amides is 1. The van der Waals surface area contributed by atoms with Crippen LogP contribution in [0.5, 0.6) is 0 Å². The fraction of sp³-hybridized carbons (Fsp3) is 0.318. The molecule has 0 bridgehead atoms. The number of nitrogens with one attached hydrogen (secondary N) is 2. The number of pyridine rings is 1. The van der Waals surface area contributed by atoms with Gasteiger partial charge in [0.2, 0.25) is 5.91 Å². The molecule has 7 nitrogen and oxygen atoms in total. The Morgan fingerprint density at radius 1 is 1.31 bits per heavy atom. The Labute approximate surface area is 167 Å². The van der Waals surface area contributed by atoms with Crippen molar-refractivity contribution in [3.05, 3.63) is 68.3 Å². The smallest absolute Gasteiger partial charge is 0.261 e. The van der Waals surface area contributed by atoms with Gasteiger partial charge >= 0.3 is 0 Å². The highest BCUT2D eigenvalue weighted by Crippen LogP contribution is 2.29. The van der Waals surface area contributed by atoms with Crippen molar-refractivity contribution in [2.24, 2.45) is 5.73 Å². The van der Waals surface area contributed by atoms with E-state index in [1.54, 1.807) is 6.26 Å². The number of carbonyl (C=O) groups excluding carboxylic acids is 2. The number of aromatic amines is 1. The highest BCUT2D eigenvalue weighted by Gasteiger charge is 2.25. The summed E-state index contributed by atoms with van der Waals surface area (Å²) in [6.45, 7) is 4.02. The Hall–Kier alpha value is -3.35. The van der Waals surface area contributed by atoms with E-state index in [0.29, 0.717) is 6.42 Å². The first-order chi connectivity index (χ1) is 13.8. The van der Waals surface area contributed by atoms with Crippen molar-refractivity contribution in [1.82, 2.24) is 10.3 Å². The molecule has 2 heterocycles. The van der Waals surface area contributed by atoms with E-state index in [1.807, 2.05) is 26.0 Å². The monoisotopic (exact) mass is 393 g/mol. The molecule has 1 aliphatic rings. The zero-order valence-corrected chi connectivity index (χ0v) is 16.4. The molecule has 1 atom stereocenters. The normalized spacial score (nSPS) is 15.9. The third-order valence-electron chi connectivity index (χ3n) is 5.75. The molecule has 4 rings (SSSR count). The van der Waals surface area contributed by atoms with Crippen LogP contribution < -0.4 is 16.6 Å². The van der Waals surface area contributed by atoms with E-state index in [4.69, 9.17) is 10.2 Å². The van der Waals surface area contributed by atoms with Crippen LogP contribution in [-0.4, -0.2) is 16.8 Å². The lowest BCUT2D eigenvalue weighted by atomic mass is 9.90. The van der Waals surface area contributed by atoms with Gasteiger partial charge in [-0.1, -0.05) is 12.1 Å². The SMILES string of the molecule is Cc1ccc2c(CC(=O)NC3CCCc4[nH]c(=O)c(C(N)=O)cc43)coc2c1C.